The van der Waals surface area contributed by atoms with E-state index in [2.05, 4.69) is 9.71 Å². The second kappa shape index (κ2) is 8.34. The lowest BCUT2D eigenvalue weighted by Crippen LogP contribution is -2.43. The highest BCUT2D eigenvalue weighted by Gasteiger charge is 2.35. The van der Waals surface area contributed by atoms with Crippen molar-refractivity contribution in [3.8, 4) is 0 Å². The fourth-order valence-corrected chi connectivity index (χ4v) is 6.44. The summed E-state index contributed by atoms with van der Waals surface area (Å²) in [6.07, 6.45) is 0.361. The zero-order valence-corrected chi connectivity index (χ0v) is 18.2. The number of fused-ring (bicyclic) bond motifs is 1. The first-order chi connectivity index (χ1) is 14.0. The third-order valence-corrected chi connectivity index (χ3v) is 8.12. The van der Waals surface area contributed by atoms with Gasteiger partial charge in [-0.25, -0.2) is 21.6 Å². The number of benzene rings is 1. The number of rotatable bonds is 6. The number of carbonyl (C=O) groups is 2. The standard InChI is InChI=1S/C18H23N3O7S2/c1-3-21(13-8-9-29(24,25)11-13)16(22)10-28-18(23)12(2)19-17-14-6-4-5-7-15(14)30(26,27)20-17/h4-7,12-13H,3,8-11H2,1-2H3,(H,19,20)/t12-,13?/m1/s1. The molecule has 2 aliphatic heterocycles. The molecule has 12 heteroatoms. The first kappa shape index (κ1) is 22.2. The van der Waals surface area contributed by atoms with Crippen molar-refractivity contribution >= 4 is 37.6 Å². The van der Waals surface area contributed by atoms with Crippen LogP contribution in [-0.2, 0) is 34.2 Å². The molecule has 1 aromatic carbocycles. The maximum atomic E-state index is 12.4. The van der Waals surface area contributed by atoms with Crippen molar-refractivity contribution in [1.29, 1.82) is 0 Å². The average molecular weight is 458 g/mol. The lowest BCUT2D eigenvalue weighted by atomic mass is 10.2. The van der Waals surface area contributed by atoms with Gasteiger partial charge < -0.3 is 9.64 Å². The van der Waals surface area contributed by atoms with Crippen LogP contribution in [0.5, 0.6) is 0 Å². The van der Waals surface area contributed by atoms with Crippen LogP contribution in [0.1, 0.15) is 25.8 Å². The van der Waals surface area contributed by atoms with Gasteiger partial charge in [0.05, 0.1) is 16.4 Å². The van der Waals surface area contributed by atoms with E-state index in [-0.39, 0.29) is 22.2 Å². The Morgan fingerprint density at radius 1 is 1.27 bits per heavy atom. The summed E-state index contributed by atoms with van der Waals surface area (Å²) < 4.78 is 54.9. The van der Waals surface area contributed by atoms with Crippen LogP contribution in [0.2, 0.25) is 0 Å². The molecule has 2 aliphatic rings. The lowest BCUT2D eigenvalue weighted by Gasteiger charge is -2.26. The molecule has 1 fully saturated rings. The monoisotopic (exact) mass is 457 g/mol. The van der Waals surface area contributed by atoms with Crippen LogP contribution in [0, 0.1) is 0 Å². The van der Waals surface area contributed by atoms with E-state index in [9.17, 15) is 26.4 Å². The highest BCUT2D eigenvalue weighted by molar-refractivity contribution is 7.91. The number of hydrogen-bond acceptors (Lipinski definition) is 8. The van der Waals surface area contributed by atoms with Crippen molar-refractivity contribution in [2.45, 2.75) is 37.2 Å². The fourth-order valence-electron chi connectivity index (χ4n) is 3.47. The molecule has 10 nitrogen and oxygen atoms in total. The van der Waals surface area contributed by atoms with E-state index in [4.69, 9.17) is 4.74 Å². The van der Waals surface area contributed by atoms with Crippen molar-refractivity contribution in [3.05, 3.63) is 29.8 Å². The zero-order valence-electron chi connectivity index (χ0n) is 16.6. The Morgan fingerprint density at radius 3 is 2.60 bits per heavy atom. The van der Waals surface area contributed by atoms with Gasteiger partial charge in [-0.15, -0.1) is 0 Å². The molecule has 0 radical (unpaired) electrons. The molecular weight excluding hydrogens is 434 g/mol. The molecule has 0 aromatic heterocycles. The quantitative estimate of drug-likeness (QED) is 0.578. The van der Waals surface area contributed by atoms with E-state index in [0.29, 0.717) is 18.5 Å². The van der Waals surface area contributed by atoms with Gasteiger partial charge in [0, 0.05) is 18.2 Å². The van der Waals surface area contributed by atoms with Gasteiger partial charge in [-0.3, -0.25) is 14.5 Å². The number of hydrogen-bond donors (Lipinski definition) is 1. The molecule has 1 N–H and O–H groups in total. The molecular formula is C18H23N3O7S2. The number of esters is 1. The minimum atomic E-state index is -3.73. The topological polar surface area (TPSA) is 139 Å². The van der Waals surface area contributed by atoms with Crippen molar-refractivity contribution in [3.63, 3.8) is 0 Å². The van der Waals surface area contributed by atoms with Gasteiger partial charge in [-0.2, -0.15) is 0 Å². The predicted molar refractivity (Wildman–Crippen MR) is 108 cm³/mol. The first-order valence-electron chi connectivity index (χ1n) is 9.40. The zero-order chi connectivity index (χ0) is 22.1. The number of amides is 1. The molecule has 1 unspecified atom stereocenters. The second-order valence-corrected chi connectivity index (χ2v) is 11.0. The van der Waals surface area contributed by atoms with Crippen LogP contribution in [0.25, 0.3) is 0 Å². The summed E-state index contributed by atoms with van der Waals surface area (Å²) in [5, 5.41) is 0. The largest absolute Gasteiger partial charge is 0.454 e. The minimum absolute atomic E-state index is 0.0349. The molecule has 30 heavy (non-hydrogen) atoms. The molecule has 0 bridgehead atoms. The van der Waals surface area contributed by atoms with Gasteiger partial charge in [-0.1, -0.05) is 12.1 Å². The molecule has 2 heterocycles. The number of aliphatic imine (C=N–C) groups is 1. The predicted octanol–water partition coefficient (Wildman–Crippen LogP) is -0.308. The Balaban J connectivity index is 1.62. The molecule has 0 spiro atoms. The smallest absolute Gasteiger partial charge is 0.331 e. The number of likely N-dealkylation sites (N-methyl/N-ethyl adjacent to an activating group) is 1. The average Bonchev–Trinajstić information content (AvgIpc) is 3.17. The van der Waals surface area contributed by atoms with Gasteiger partial charge in [-0.05, 0) is 32.4 Å². The fraction of sp³-hybridized carbons (Fsp3) is 0.500. The normalized spacial score (nSPS) is 23.4. The first-order valence-corrected chi connectivity index (χ1v) is 12.7. The molecule has 1 aromatic rings. The van der Waals surface area contributed by atoms with Crippen LogP contribution in [0.3, 0.4) is 0 Å². The maximum absolute atomic E-state index is 12.4. The Bertz CT molecular complexity index is 1100. The highest BCUT2D eigenvalue weighted by atomic mass is 32.2. The molecule has 0 saturated carbocycles. The molecule has 1 saturated heterocycles. The number of ether oxygens (including phenoxy) is 1. The van der Waals surface area contributed by atoms with Crippen LogP contribution >= 0.6 is 0 Å². The van der Waals surface area contributed by atoms with Crippen molar-refractivity contribution in [1.82, 2.24) is 9.62 Å². The van der Waals surface area contributed by atoms with E-state index in [1.54, 1.807) is 25.1 Å². The molecule has 164 valence electrons. The van der Waals surface area contributed by atoms with Gasteiger partial charge in [0.2, 0.25) is 0 Å². The number of nitrogens with one attached hydrogen (secondary N) is 1. The van der Waals surface area contributed by atoms with Crippen molar-refractivity contribution in [2.75, 3.05) is 24.7 Å². The number of sulfonamides is 1. The van der Waals surface area contributed by atoms with Crippen molar-refractivity contribution in [2.24, 2.45) is 4.99 Å². The van der Waals surface area contributed by atoms with Crippen LogP contribution in [-0.4, -0.2) is 76.2 Å². The Hall–Kier alpha value is -2.47. The van der Waals surface area contributed by atoms with Gasteiger partial charge in [0.15, 0.2) is 16.4 Å². The van der Waals surface area contributed by atoms with Crippen LogP contribution in [0.4, 0.5) is 0 Å². The summed E-state index contributed by atoms with van der Waals surface area (Å²) in [6, 6.07) is 4.77. The second-order valence-electron chi connectivity index (χ2n) is 7.10. The summed E-state index contributed by atoms with van der Waals surface area (Å²) in [6.45, 7) is 2.91. The summed E-state index contributed by atoms with van der Waals surface area (Å²) in [4.78, 5) is 30.3. The van der Waals surface area contributed by atoms with E-state index in [1.165, 1.54) is 17.9 Å². The summed E-state index contributed by atoms with van der Waals surface area (Å²) in [5.41, 5.74) is 0.354. The van der Waals surface area contributed by atoms with Gasteiger partial charge >= 0.3 is 5.97 Å². The van der Waals surface area contributed by atoms with E-state index in [0.717, 1.165) is 0 Å². The van der Waals surface area contributed by atoms with Crippen LogP contribution < -0.4 is 4.72 Å². The van der Waals surface area contributed by atoms with E-state index >= 15 is 0 Å². The summed E-state index contributed by atoms with van der Waals surface area (Å²) >= 11 is 0. The van der Waals surface area contributed by atoms with E-state index < -0.39 is 50.4 Å². The van der Waals surface area contributed by atoms with E-state index in [1.807, 2.05) is 0 Å². The van der Waals surface area contributed by atoms with Gasteiger partial charge in [0.1, 0.15) is 11.9 Å². The number of amidine groups is 1. The van der Waals surface area contributed by atoms with Crippen LogP contribution in [0.15, 0.2) is 34.2 Å². The number of carbonyl (C=O) groups excluding carboxylic acids is 2. The Morgan fingerprint density at radius 2 is 1.97 bits per heavy atom. The third kappa shape index (κ3) is 4.64. The van der Waals surface area contributed by atoms with Gasteiger partial charge in [0.25, 0.3) is 15.9 Å². The Labute approximate surface area is 175 Å². The van der Waals surface area contributed by atoms with Crippen molar-refractivity contribution < 1.29 is 31.2 Å². The Kier molecular flexibility index (Phi) is 6.18. The summed E-state index contributed by atoms with van der Waals surface area (Å²) in [5.74, 6) is -1.31. The third-order valence-electron chi connectivity index (χ3n) is 4.97. The molecule has 0 aliphatic carbocycles. The lowest BCUT2D eigenvalue weighted by molar-refractivity contribution is -0.153. The molecule has 2 atom stereocenters. The minimum Gasteiger partial charge on any atom is -0.454 e. The molecule has 3 rings (SSSR count). The summed E-state index contributed by atoms with van der Waals surface area (Å²) in [7, 11) is -6.88. The number of nitrogens with zero attached hydrogens (tertiary/aromatic N) is 2. The highest BCUT2D eigenvalue weighted by Crippen LogP contribution is 2.22. The number of sulfone groups is 1. The molecule has 1 amide bonds. The SMILES string of the molecule is CCN(C(=O)COC(=O)[C@@H](C)N=C1NS(=O)(=O)c2ccccc21)C1CCS(=O)(=O)C1. The maximum Gasteiger partial charge on any atom is 0.331 e.